The predicted octanol–water partition coefficient (Wildman–Crippen LogP) is 2.69. The van der Waals surface area contributed by atoms with Crippen molar-refractivity contribution >= 4 is 12.0 Å². The van der Waals surface area contributed by atoms with Crippen LogP contribution in [0.5, 0.6) is 0 Å². The first-order valence-corrected chi connectivity index (χ1v) is 7.96. The number of nitrogens with one attached hydrogen (secondary N) is 1. The Hall–Kier alpha value is -1.77. The zero-order valence-corrected chi connectivity index (χ0v) is 13.1. The van der Waals surface area contributed by atoms with Crippen LogP contribution in [0.15, 0.2) is 4.42 Å². The first-order chi connectivity index (χ1) is 11.3. The predicted molar refractivity (Wildman–Crippen MR) is 76.3 cm³/mol. The maximum atomic E-state index is 13.0. The number of oxazole rings is 1. The lowest BCUT2D eigenvalue weighted by molar-refractivity contribution is -0.141. The van der Waals surface area contributed by atoms with E-state index in [0.717, 1.165) is 19.3 Å². The highest BCUT2D eigenvalue weighted by molar-refractivity contribution is 5.88. The molecule has 0 aliphatic heterocycles. The number of hydrogen-bond donors (Lipinski definition) is 2. The fourth-order valence-corrected chi connectivity index (χ4v) is 3.73. The first-order valence-electron chi connectivity index (χ1n) is 7.96. The van der Waals surface area contributed by atoms with Crippen molar-refractivity contribution in [1.29, 1.82) is 0 Å². The Kier molecular flexibility index (Phi) is 4.46. The Morgan fingerprint density at radius 2 is 2.17 bits per heavy atom. The Bertz CT molecular complexity index is 616. The van der Waals surface area contributed by atoms with E-state index in [1.807, 2.05) is 0 Å². The Morgan fingerprint density at radius 1 is 1.42 bits per heavy atom. The van der Waals surface area contributed by atoms with Gasteiger partial charge in [-0.3, -0.25) is 0 Å². The molecule has 2 aliphatic rings. The highest BCUT2D eigenvalue weighted by atomic mass is 19.4. The smallest absolute Gasteiger partial charge is 0.437 e. The fraction of sp³-hybridized carbons (Fsp3) is 0.733. The van der Waals surface area contributed by atoms with E-state index >= 15 is 0 Å². The van der Waals surface area contributed by atoms with Crippen LogP contribution >= 0.6 is 0 Å². The number of anilines is 1. The maximum absolute atomic E-state index is 13.0. The van der Waals surface area contributed by atoms with Crippen LogP contribution in [0.1, 0.15) is 42.4 Å². The summed E-state index contributed by atoms with van der Waals surface area (Å²) in [4.78, 5) is 15.1. The van der Waals surface area contributed by atoms with Gasteiger partial charge in [0.05, 0.1) is 6.61 Å². The van der Waals surface area contributed by atoms with Gasteiger partial charge in [-0.2, -0.15) is 18.2 Å². The van der Waals surface area contributed by atoms with Crippen LogP contribution in [0.2, 0.25) is 0 Å². The molecule has 1 aromatic rings. The summed E-state index contributed by atoms with van der Waals surface area (Å²) in [6, 6.07) is -0.373. The molecule has 3 rings (SSSR count). The molecule has 1 unspecified atom stereocenters. The first kappa shape index (κ1) is 17.1. The molecular formula is C15H19F3N2O4. The van der Waals surface area contributed by atoms with Crippen molar-refractivity contribution in [2.75, 3.05) is 18.5 Å². The SMILES string of the molecule is CCOC(=O)c1oc(N[C@@H]2C[C@@H]3CC(CO)C[C@@H]32)nc1C(F)(F)F. The Balaban J connectivity index is 1.74. The minimum atomic E-state index is -4.80. The van der Waals surface area contributed by atoms with Crippen LogP contribution in [0.4, 0.5) is 19.2 Å². The van der Waals surface area contributed by atoms with Gasteiger partial charge in [0.1, 0.15) is 0 Å². The van der Waals surface area contributed by atoms with E-state index in [1.54, 1.807) is 0 Å². The number of aliphatic hydroxyl groups excluding tert-OH is 1. The van der Waals surface area contributed by atoms with Gasteiger partial charge in [-0.05, 0) is 43.9 Å². The molecule has 2 fully saturated rings. The second kappa shape index (κ2) is 6.27. The van der Waals surface area contributed by atoms with Crippen molar-refractivity contribution in [2.45, 2.75) is 38.4 Å². The topological polar surface area (TPSA) is 84.6 Å². The third kappa shape index (κ3) is 3.09. The van der Waals surface area contributed by atoms with Gasteiger partial charge in [-0.25, -0.2) is 4.79 Å². The van der Waals surface area contributed by atoms with Crippen molar-refractivity contribution in [1.82, 2.24) is 4.98 Å². The lowest BCUT2D eigenvalue weighted by atomic mass is 9.71. The van der Waals surface area contributed by atoms with E-state index in [1.165, 1.54) is 6.92 Å². The van der Waals surface area contributed by atoms with Crippen molar-refractivity contribution in [3.63, 3.8) is 0 Å². The van der Waals surface area contributed by atoms with Crippen molar-refractivity contribution < 1.29 is 32.2 Å². The lowest BCUT2D eigenvalue weighted by Gasteiger charge is -2.40. The number of halogens is 3. The largest absolute Gasteiger partial charge is 0.460 e. The molecule has 6 nitrogen and oxygen atoms in total. The fourth-order valence-electron chi connectivity index (χ4n) is 3.73. The van der Waals surface area contributed by atoms with E-state index < -0.39 is 23.6 Å². The molecule has 24 heavy (non-hydrogen) atoms. The van der Waals surface area contributed by atoms with Crippen LogP contribution in [0, 0.1) is 17.8 Å². The second-order valence-corrected chi connectivity index (χ2v) is 6.35. The molecule has 1 aromatic heterocycles. The van der Waals surface area contributed by atoms with Gasteiger partial charge in [0.25, 0.3) is 6.01 Å². The number of carbonyl (C=O) groups excluding carboxylic acids is 1. The van der Waals surface area contributed by atoms with E-state index in [2.05, 4.69) is 15.0 Å². The monoisotopic (exact) mass is 348 g/mol. The van der Waals surface area contributed by atoms with E-state index in [-0.39, 0.29) is 37.1 Å². The number of carbonyl (C=O) groups is 1. The van der Waals surface area contributed by atoms with Crippen molar-refractivity contribution in [3.8, 4) is 0 Å². The van der Waals surface area contributed by atoms with Gasteiger partial charge < -0.3 is 19.6 Å². The molecule has 0 bridgehead atoms. The summed E-state index contributed by atoms with van der Waals surface area (Å²) in [5.74, 6) is -1.10. The quantitative estimate of drug-likeness (QED) is 0.796. The number of nitrogens with zero attached hydrogens (tertiary/aromatic N) is 1. The Morgan fingerprint density at radius 3 is 2.79 bits per heavy atom. The third-order valence-electron chi connectivity index (χ3n) is 4.84. The van der Waals surface area contributed by atoms with Crippen LogP contribution in [-0.4, -0.2) is 35.3 Å². The zero-order valence-electron chi connectivity index (χ0n) is 13.1. The number of alkyl halides is 3. The minimum Gasteiger partial charge on any atom is -0.460 e. The van der Waals surface area contributed by atoms with E-state index in [4.69, 9.17) is 4.42 Å². The summed E-state index contributed by atoms with van der Waals surface area (Å²) in [6.07, 6.45) is -2.24. The summed E-state index contributed by atoms with van der Waals surface area (Å²) in [6.45, 7) is 1.56. The number of esters is 1. The molecule has 0 amide bonds. The van der Waals surface area contributed by atoms with Gasteiger partial charge in [-0.15, -0.1) is 0 Å². The van der Waals surface area contributed by atoms with E-state index in [0.29, 0.717) is 5.92 Å². The third-order valence-corrected chi connectivity index (χ3v) is 4.84. The van der Waals surface area contributed by atoms with Crippen LogP contribution in [0.3, 0.4) is 0 Å². The van der Waals surface area contributed by atoms with Gasteiger partial charge in [0, 0.05) is 12.6 Å². The van der Waals surface area contributed by atoms with Gasteiger partial charge >= 0.3 is 12.1 Å². The standard InChI is InChI=1S/C15H19F3N2O4/c1-2-23-13(22)11-12(15(16,17)18)20-14(24-11)19-10-5-8-3-7(6-21)4-9(8)10/h7-10,21H,2-6H2,1H3,(H,19,20)/t7?,8-,9-,10+/m0/s1. The molecule has 1 heterocycles. The number of rotatable bonds is 5. The Labute approximate surface area is 136 Å². The van der Waals surface area contributed by atoms with Crippen LogP contribution in [-0.2, 0) is 10.9 Å². The summed E-state index contributed by atoms with van der Waals surface area (Å²) in [7, 11) is 0. The number of fused-ring (bicyclic) bond motifs is 1. The maximum Gasteiger partial charge on any atom is 0.437 e. The molecular weight excluding hydrogens is 329 g/mol. The van der Waals surface area contributed by atoms with Gasteiger partial charge in [0.15, 0.2) is 5.69 Å². The molecule has 4 atom stereocenters. The highest BCUT2D eigenvalue weighted by Crippen LogP contribution is 2.50. The molecule has 2 aliphatic carbocycles. The molecule has 134 valence electrons. The summed E-state index contributed by atoms with van der Waals surface area (Å²) < 4.78 is 48.7. The average Bonchev–Trinajstić information content (AvgIpc) is 3.06. The molecule has 9 heteroatoms. The minimum absolute atomic E-state index is 0.0543. The lowest BCUT2D eigenvalue weighted by Crippen LogP contribution is -2.43. The number of hydrogen-bond acceptors (Lipinski definition) is 6. The van der Waals surface area contributed by atoms with Crippen LogP contribution in [0.25, 0.3) is 0 Å². The number of ether oxygens (including phenoxy) is 1. The summed E-state index contributed by atoms with van der Waals surface area (Å²) >= 11 is 0. The van der Waals surface area contributed by atoms with Gasteiger partial charge in [-0.1, -0.05) is 0 Å². The van der Waals surface area contributed by atoms with Gasteiger partial charge in [0.2, 0.25) is 5.76 Å². The highest BCUT2D eigenvalue weighted by Gasteiger charge is 2.48. The van der Waals surface area contributed by atoms with Crippen molar-refractivity contribution in [2.24, 2.45) is 17.8 Å². The number of aromatic nitrogens is 1. The van der Waals surface area contributed by atoms with Crippen molar-refractivity contribution in [3.05, 3.63) is 11.5 Å². The molecule has 0 spiro atoms. The average molecular weight is 348 g/mol. The summed E-state index contributed by atoms with van der Waals surface area (Å²) in [5, 5.41) is 12.1. The molecule has 0 saturated heterocycles. The normalized spacial score (nSPS) is 29.0. The summed E-state index contributed by atoms with van der Waals surface area (Å²) in [5.41, 5.74) is -1.38. The molecule has 0 radical (unpaired) electrons. The molecule has 0 aromatic carbocycles. The zero-order chi connectivity index (χ0) is 17.5. The van der Waals surface area contributed by atoms with E-state index in [9.17, 15) is 23.1 Å². The molecule has 2 N–H and O–H groups in total. The molecule has 2 saturated carbocycles. The van der Waals surface area contributed by atoms with Crippen LogP contribution < -0.4 is 5.32 Å². The second-order valence-electron chi connectivity index (χ2n) is 6.35. The number of aliphatic hydroxyl groups is 1.